The summed E-state index contributed by atoms with van der Waals surface area (Å²) in [5.74, 6) is 0. The number of hydrogen-bond acceptors (Lipinski definition) is 3. The first-order chi connectivity index (χ1) is 9.14. The van der Waals surface area contributed by atoms with E-state index in [0.29, 0.717) is 31.3 Å². The second kappa shape index (κ2) is 6.52. The minimum Gasteiger partial charge on any atom is -0.391 e. The van der Waals surface area contributed by atoms with Crippen LogP contribution in [0.2, 0.25) is 0 Å². The van der Waals surface area contributed by atoms with E-state index in [2.05, 4.69) is 5.32 Å². The van der Waals surface area contributed by atoms with Crippen molar-refractivity contribution in [2.75, 3.05) is 26.3 Å². The fraction of sp³-hybridized carbons (Fsp3) is 0.846. The first-order valence-electron chi connectivity index (χ1n) is 7.09. The summed E-state index contributed by atoms with van der Waals surface area (Å²) in [4.78, 5) is 14.5. The SMILES string of the molecule is NC(=S)C1(NC(=O)N2CCOCC2)CCCCCC1. The van der Waals surface area contributed by atoms with Gasteiger partial charge in [0.05, 0.1) is 23.7 Å². The summed E-state index contributed by atoms with van der Waals surface area (Å²) in [5.41, 5.74) is 5.44. The lowest BCUT2D eigenvalue weighted by molar-refractivity contribution is 0.0517. The Kier molecular flexibility index (Phi) is 4.99. The number of carbonyl (C=O) groups excluding carboxylic acids is 1. The number of nitrogens with two attached hydrogens (primary N) is 1. The summed E-state index contributed by atoms with van der Waals surface area (Å²) in [6.07, 6.45) is 6.24. The van der Waals surface area contributed by atoms with Gasteiger partial charge in [0, 0.05) is 13.1 Å². The van der Waals surface area contributed by atoms with Crippen LogP contribution in [0.1, 0.15) is 38.5 Å². The van der Waals surface area contributed by atoms with Crippen molar-refractivity contribution in [1.29, 1.82) is 0 Å². The predicted octanol–water partition coefficient (Wildman–Crippen LogP) is 1.41. The Labute approximate surface area is 119 Å². The highest BCUT2D eigenvalue weighted by Crippen LogP contribution is 2.27. The minimum atomic E-state index is -0.485. The lowest BCUT2D eigenvalue weighted by atomic mass is 9.90. The molecule has 1 aliphatic carbocycles. The first kappa shape index (κ1) is 14.5. The number of urea groups is 1. The number of ether oxygens (including phenoxy) is 1. The third kappa shape index (κ3) is 3.57. The molecule has 3 N–H and O–H groups in total. The summed E-state index contributed by atoms with van der Waals surface area (Å²) >= 11 is 5.23. The highest BCUT2D eigenvalue weighted by Gasteiger charge is 2.36. The standard InChI is InChI=1S/C13H23N3O2S/c14-11(19)13(5-3-1-2-4-6-13)15-12(17)16-7-9-18-10-8-16/h1-10H2,(H2,14,19)(H,15,17). The molecule has 0 radical (unpaired) electrons. The zero-order valence-electron chi connectivity index (χ0n) is 11.3. The van der Waals surface area contributed by atoms with Gasteiger partial charge < -0.3 is 20.7 Å². The average Bonchev–Trinajstić information content (AvgIpc) is 2.66. The molecular formula is C13H23N3O2S. The third-order valence-electron chi connectivity index (χ3n) is 4.07. The molecule has 1 saturated carbocycles. The van der Waals surface area contributed by atoms with Crippen LogP contribution >= 0.6 is 12.2 Å². The largest absolute Gasteiger partial charge is 0.391 e. The fourth-order valence-electron chi connectivity index (χ4n) is 2.82. The van der Waals surface area contributed by atoms with Crippen LogP contribution in [0.15, 0.2) is 0 Å². The molecule has 0 aromatic rings. The molecule has 1 aliphatic heterocycles. The van der Waals surface area contributed by atoms with Crippen LogP contribution in [0.4, 0.5) is 4.79 Å². The van der Waals surface area contributed by atoms with Crippen LogP contribution in [0.25, 0.3) is 0 Å². The number of nitrogens with one attached hydrogen (secondary N) is 1. The molecule has 0 aromatic carbocycles. The lowest BCUT2D eigenvalue weighted by Gasteiger charge is -2.36. The van der Waals surface area contributed by atoms with E-state index in [1.54, 1.807) is 4.90 Å². The number of rotatable bonds is 2. The third-order valence-corrected chi connectivity index (χ3v) is 4.46. The molecule has 0 unspecified atom stereocenters. The van der Waals surface area contributed by atoms with Gasteiger partial charge in [-0.15, -0.1) is 0 Å². The van der Waals surface area contributed by atoms with E-state index in [1.165, 1.54) is 12.8 Å². The number of nitrogens with zero attached hydrogens (tertiary/aromatic N) is 1. The van der Waals surface area contributed by atoms with Crippen molar-refractivity contribution in [1.82, 2.24) is 10.2 Å². The van der Waals surface area contributed by atoms with Gasteiger partial charge in [0.25, 0.3) is 0 Å². The van der Waals surface area contributed by atoms with Gasteiger partial charge in [-0.25, -0.2) is 4.79 Å². The lowest BCUT2D eigenvalue weighted by Crippen LogP contribution is -2.60. The van der Waals surface area contributed by atoms with Crippen LogP contribution in [0.3, 0.4) is 0 Å². The minimum absolute atomic E-state index is 0.0574. The van der Waals surface area contributed by atoms with Crippen molar-refractivity contribution in [3.63, 3.8) is 0 Å². The maximum atomic E-state index is 12.3. The summed E-state index contributed by atoms with van der Waals surface area (Å²) in [7, 11) is 0. The van der Waals surface area contributed by atoms with Gasteiger partial charge in [-0.05, 0) is 12.8 Å². The zero-order valence-corrected chi connectivity index (χ0v) is 12.1. The van der Waals surface area contributed by atoms with Crippen molar-refractivity contribution in [2.24, 2.45) is 5.73 Å². The molecule has 2 aliphatic rings. The molecule has 19 heavy (non-hydrogen) atoms. The topological polar surface area (TPSA) is 67.6 Å². The Morgan fingerprint density at radius 2 is 1.74 bits per heavy atom. The van der Waals surface area contributed by atoms with E-state index in [9.17, 15) is 4.79 Å². The van der Waals surface area contributed by atoms with Crippen molar-refractivity contribution in [3.05, 3.63) is 0 Å². The molecule has 1 saturated heterocycles. The summed E-state index contributed by atoms with van der Waals surface area (Å²) in [5, 5.41) is 3.11. The molecule has 0 spiro atoms. The number of carbonyl (C=O) groups is 1. The Balaban J connectivity index is 2.02. The van der Waals surface area contributed by atoms with E-state index in [1.807, 2.05) is 0 Å². The summed E-state index contributed by atoms with van der Waals surface area (Å²) < 4.78 is 5.26. The second-order valence-corrected chi connectivity index (χ2v) is 5.83. The Bertz CT molecular complexity index is 335. The van der Waals surface area contributed by atoms with E-state index in [4.69, 9.17) is 22.7 Å². The van der Waals surface area contributed by atoms with Crippen molar-refractivity contribution in [3.8, 4) is 0 Å². The van der Waals surface area contributed by atoms with Crippen molar-refractivity contribution >= 4 is 23.2 Å². The summed E-state index contributed by atoms with van der Waals surface area (Å²) in [6, 6.07) is -0.0574. The molecule has 5 nitrogen and oxygen atoms in total. The van der Waals surface area contributed by atoms with Gasteiger partial charge in [0.15, 0.2) is 0 Å². The van der Waals surface area contributed by atoms with E-state index in [-0.39, 0.29) is 6.03 Å². The Hall–Kier alpha value is -0.880. The molecule has 0 aromatic heterocycles. The van der Waals surface area contributed by atoms with Crippen LogP contribution in [-0.2, 0) is 4.74 Å². The van der Waals surface area contributed by atoms with E-state index < -0.39 is 5.54 Å². The highest BCUT2D eigenvalue weighted by molar-refractivity contribution is 7.80. The van der Waals surface area contributed by atoms with Gasteiger partial charge in [-0.1, -0.05) is 37.9 Å². The molecule has 0 bridgehead atoms. The normalized spacial score (nSPS) is 23.5. The quantitative estimate of drug-likeness (QED) is 0.594. The van der Waals surface area contributed by atoms with Gasteiger partial charge >= 0.3 is 6.03 Å². The van der Waals surface area contributed by atoms with Crippen molar-refractivity contribution in [2.45, 2.75) is 44.1 Å². The van der Waals surface area contributed by atoms with Gasteiger partial charge in [-0.2, -0.15) is 0 Å². The van der Waals surface area contributed by atoms with Crippen molar-refractivity contribution < 1.29 is 9.53 Å². The molecular weight excluding hydrogens is 262 g/mol. The van der Waals surface area contributed by atoms with Crippen LogP contribution in [-0.4, -0.2) is 47.8 Å². The van der Waals surface area contributed by atoms with Gasteiger partial charge in [0.2, 0.25) is 0 Å². The predicted molar refractivity (Wildman–Crippen MR) is 78.1 cm³/mol. The molecule has 2 fully saturated rings. The zero-order chi connectivity index (χ0) is 13.7. The van der Waals surface area contributed by atoms with Crippen LogP contribution < -0.4 is 11.1 Å². The number of hydrogen-bond donors (Lipinski definition) is 2. The molecule has 1 heterocycles. The van der Waals surface area contributed by atoms with Gasteiger partial charge in [0.1, 0.15) is 0 Å². The summed E-state index contributed by atoms with van der Waals surface area (Å²) in [6.45, 7) is 2.49. The average molecular weight is 285 g/mol. The highest BCUT2D eigenvalue weighted by atomic mass is 32.1. The number of morpholine rings is 1. The monoisotopic (exact) mass is 285 g/mol. The Morgan fingerprint density at radius 3 is 2.26 bits per heavy atom. The maximum Gasteiger partial charge on any atom is 0.318 e. The number of amides is 2. The number of thiocarbonyl (C=S) groups is 1. The first-order valence-corrected chi connectivity index (χ1v) is 7.50. The second-order valence-electron chi connectivity index (χ2n) is 5.39. The van der Waals surface area contributed by atoms with E-state index in [0.717, 1.165) is 25.7 Å². The molecule has 2 amide bonds. The smallest absolute Gasteiger partial charge is 0.318 e. The van der Waals surface area contributed by atoms with E-state index >= 15 is 0 Å². The van der Waals surface area contributed by atoms with Gasteiger partial charge in [-0.3, -0.25) is 0 Å². The van der Waals surface area contributed by atoms with Crippen LogP contribution in [0, 0.1) is 0 Å². The molecule has 6 heteroatoms. The molecule has 0 atom stereocenters. The fourth-order valence-corrected chi connectivity index (χ4v) is 3.07. The Morgan fingerprint density at radius 1 is 1.16 bits per heavy atom. The maximum absolute atomic E-state index is 12.3. The molecule has 2 rings (SSSR count). The molecule has 108 valence electrons. The van der Waals surface area contributed by atoms with Crippen LogP contribution in [0.5, 0.6) is 0 Å².